The monoisotopic (exact) mass is 194 g/mol. The normalized spacial score (nSPS) is 13.1. The number of hydrogen-bond acceptors (Lipinski definition) is 0. The van der Waals surface area contributed by atoms with Crippen LogP contribution in [0.4, 0.5) is 0 Å². The summed E-state index contributed by atoms with van der Waals surface area (Å²) in [5.41, 5.74) is 2.88. The maximum absolute atomic E-state index is 3.70. The molecule has 0 aliphatic heterocycles. The van der Waals surface area contributed by atoms with Crippen molar-refractivity contribution in [3.63, 3.8) is 0 Å². The minimum Gasteiger partial charge on any atom is -0.0988 e. The van der Waals surface area contributed by atoms with E-state index in [0.29, 0.717) is 0 Å². The Morgan fingerprint density at radius 3 is 1.71 bits per heavy atom. The zero-order chi connectivity index (χ0) is 11.8. The molecule has 0 heterocycles. The fourth-order valence-electron chi connectivity index (χ4n) is 0.574. The Morgan fingerprint density at radius 1 is 1.00 bits per heavy atom. The smallest absolute Gasteiger partial charge is 0.0173 e. The van der Waals surface area contributed by atoms with Gasteiger partial charge in [-0.15, -0.1) is 0 Å². The van der Waals surface area contributed by atoms with Gasteiger partial charge in [-0.2, -0.15) is 0 Å². The second kappa shape index (κ2) is 7.61. The fraction of sp³-hybridized carbons (Fsp3) is 0.571. The predicted octanol–water partition coefficient (Wildman–Crippen LogP) is 5.14. The Kier molecular flexibility index (Phi) is 8.52. The highest BCUT2D eigenvalue weighted by atomic mass is 14.2. The van der Waals surface area contributed by atoms with E-state index < -0.39 is 0 Å². The molecule has 14 heavy (non-hydrogen) atoms. The minimum absolute atomic E-state index is 0.276. The van der Waals surface area contributed by atoms with Gasteiger partial charge in [-0.1, -0.05) is 70.6 Å². The van der Waals surface area contributed by atoms with E-state index in [1.165, 1.54) is 11.1 Å². The van der Waals surface area contributed by atoms with Gasteiger partial charge in [0.05, 0.1) is 0 Å². The highest BCUT2D eigenvalue weighted by Crippen LogP contribution is 2.24. The maximum Gasteiger partial charge on any atom is -0.0173 e. The van der Waals surface area contributed by atoms with Crippen molar-refractivity contribution in [2.75, 3.05) is 0 Å². The zero-order valence-corrected chi connectivity index (χ0v) is 10.9. The van der Waals surface area contributed by atoms with E-state index in [9.17, 15) is 0 Å². The summed E-state index contributed by atoms with van der Waals surface area (Å²) < 4.78 is 0. The molecule has 0 nitrogen and oxygen atoms in total. The SMILES string of the molecule is C=C/C(C)=C\C=C(/C)C(C)(C)C.CC. The van der Waals surface area contributed by atoms with Crippen LogP contribution in [-0.2, 0) is 0 Å². The summed E-state index contributed by atoms with van der Waals surface area (Å²) in [6, 6.07) is 0. The van der Waals surface area contributed by atoms with Crippen molar-refractivity contribution in [3.8, 4) is 0 Å². The van der Waals surface area contributed by atoms with E-state index in [1.807, 2.05) is 19.9 Å². The quantitative estimate of drug-likeness (QED) is 0.534. The molecule has 0 aromatic carbocycles. The lowest BCUT2D eigenvalue weighted by Gasteiger charge is -2.18. The fourth-order valence-corrected chi connectivity index (χ4v) is 0.574. The Hall–Kier alpha value is -0.780. The van der Waals surface area contributed by atoms with Crippen LogP contribution >= 0.6 is 0 Å². The van der Waals surface area contributed by atoms with Crippen LogP contribution < -0.4 is 0 Å². The van der Waals surface area contributed by atoms with Crippen LogP contribution in [-0.4, -0.2) is 0 Å². The first-order valence-electron chi connectivity index (χ1n) is 5.36. The molecule has 0 saturated carbocycles. The highest BCUT2D eigenvalue weighted by molar-refractivity contribution is 5.24. The molecule has 0 aromatic rings. The molecule has 0 spiro atoms. The van der Waals surface area contributed by atoms with E-state index in [2.05, 4.69) is 53.3 Å². The molecule has 0 saturated heterocycles. The molecule has 0 atom stereocenters. The number of rotatable bonds is 2. The van der Waals surface area contributed by atoms with Gasteiger partial charge in [0.2, 0.25) is 0 Å². The average Bonchev–Trinajstić information content (AvgIpc) is 2.15. The molecule has 0 N–H and O–H groups in total. The predicted molar refractivity (Wildman–Crippen MR) is 68.5 cm³/mol. The first-order valence-corrected chi connectivity index (χ1v) is 5.36. The molecule has 0 fully saturated rings. The van der Waals surface area contributed by atoms with Gasteiger partial charge < -0.3 is 0 Å². The van der Waals surface area contributed by atoms with Crippen LogP contribution in [0.1, 0.15) is 48.5 Å². The Labute approximate surface area is 90.4 Å². The third-order valence-electron chi connectivity index (χ3n) is 2.10. The standard InChI is InChI=1S/C12H20.C2H6/c1-7-10(2)8-9-11(3)12(4,5)6;1-2/h7-9H,1H2,2-6H3;1-2H3/b10-8-,11-9+;. The molecular formula is C14H26. The lowest BCUT2D eigenvalue weighted by molar-refractivity contribution is 0.504. The number of hydrogen-bond donors (Lipinski definition) is 0. The van der Waals surface area contributed by atoms with E-state index in [1.54, 1.807) is 0 Å². The van der Waals surface area contributed by atoms with Crippen LogP contribution in [0.3, 0.4) is 0 Å². The van der Waals surface area contributed by atoms with Crippen LogP contribution in [0, 0.1) is 5.41 Å². The summed E-state index contributed by atoms with van der Waals surface area (Å²) in [5, 5.41) is 0. The lowest BCUT2D eigenvalue weighted by Crippen LogP contribution is -2.05. The van der Waals surface area contributed by atoms with E-state index in [0.717, 1.165) is 0 Å². The summed E-state index contributed by atoms with van der Waals surface area (Å²) in [5.74, 6) is 0. The Balaban J connectivity index is 0. The van der Waals surface area contributed by atoms with Crippen molar-refractivity contribution >= 4 is 0 Å². The summed E-state index contributed by atoms with van der Waals surface area (Å²) in [7, 11) is 0. The second-order valence-corrected chi connectivity index (χ2v) is 4.21. The average molecular weight is 194 g/mol. The van der Waals surface area contributed by atoms with Gasteiger partial charge in [0.15, 0.2) is 0 Å². The van der Waals surface area contributed by atoms with Gasteiger partial charge in [-0.25, -0.2) is 0 Å². The summed E-state index contributed by atoms with van der Waals surface area (Å²) in [4.78, 5) is 0. The second-order valence-electron chi connectivity index (χ2n) is 4.21. The van der Waals surface area contributed by atoms with Crippen molar-refractivity contribution in [2.24, 2.45) is 5.41 Å². The van der Waals surface area contributed by atoms with Gasteiger partial charge in [0.25, 0.3) is 0 Å². The van der Waals surface area contributed by atoms with Crippen molar-refractivity contribution < 1.29 is 0 Å². The van der Waals surface area contributed by atoms with Crippen LogP contribution in [0.5, 0.6) is 0 Å². The Bertz CT molecular complexity index is 209. The molecule has 0 heteroatoms. The molecule has 0 radical (unpaired) electrons. The largest absolute Gasteiger partial charge is 0.0988 e. The molecule has 0 aliphatic rings. The van der Waals surface area contributed by atoms with E-state index >= 15 is 0 Å². The minimum atomic E-state index is 0.276. The first kappa shape index (κ1) is 15.7. The van der Waals surface area contributed by atoms with Gasteiger partial charge in [0.1, 0.15) is 0 Å². The van der Waals surface area contributed by atoms with Gasteiger partial charge in [-0.3, -0.25) is 0 Å². The van der Waals surface area contributed by atoms with E-state index in [4.69, 9.17) is 0 Å². The van der Waals surface area contributed by atoms with Crippen molar-refractivity contribution in [3.05, 3.63) is 36.0 Å². The summed E-state index contributed by atoms with van der Waals surface area (Å²) >= 11 is 0. The lowest BCUT2D eigenvalue weighted by atomic mass is 9.87. The van der Waals surface area contributed by atoms with Crippen LogP contribution in [0.25, 0.3) is 0 Å². The zero-order valence-electron chi connectivity index (χ0n) is 10.9. The molecule has 0 bridgehead atoms. The molecule has 0 amide bonds. The van der Waals surface area contributed by atoms with Gasteiger partial charge in [0, 0.05) is 0 Å². The molecule has 0 unspecified atom stereocenters. The summed E-state index contributed by atoms with van der Waals surface area (Å²) in [6.45, 7) is 18.6. The van der Waals surface area contributed by atoms with Crippen LogP contribution in [0.2, 0.25) is 0 Å². The molecular weight excluding hydrogens is 168 g/mol. The van der Waals surface area contributed by atoms with E-state index in [-0.39, 0.29) is 5.41 Å². The Morgan fingerprint density at radius 2 is 1.43 bits per heavy atom. The van der Waals surface area contributed by atoms with Crippen LogP contribution in [0.15, 0.2) is 36.0 Å². The first-order chi connectivity index (χ1) is 6.38. The van der Waals surface area contributed by atoms with Gasteiger partial charge in [-0.05, 0) is 19.3 Å². The van der Waals surface area contributed by atoms with Crippen molar-refractivity contribution in [1.82, 2.24) is 0 Å². The number of allylic oxidation sites excluding steroid dienone is 5. The third kappa shape index (κ3) is 7.85. The molecule has 0 rings (SSSR count). The van der Waals surface area contributed by atoms with Crippen molar-refractivity contribution in [1.29, 1.82) is 0 Å². The molecule has 0 aliphatic carbocycles. The van der Waals surface area contributed by atoms with Crippen molar-refractivity contribution in [2.45, 2.75) is 48.5 Å². The maximum atomic E-state index is 3.70. The van der Waals surface area contributed by atoms with Gasteiger partial charge >= 0.3 is 0 Å². The summed E-state index contributed by atoms with van der Waals surface area (Å²) in [6.07, 6.45) is 6.14. The highest BCUT2D eigenvalue weighted by Gasteiger charge is 2.10. The molecule has 0 aromatic heterocycles. The third-order valence-corrected chi connectivity index (χ3v) is 2.10. The molecule has 82 valence electrons. The topological polar surface area (TPSA) is 0 Å².